The average Bonchev–Trinajstić information content (AvgIpc) is 3.22. The maximum Gasteiger partial charge on any atom is 0.231 e. The molecule has 0 bridgehead atoms. The summed E-state index contributed by atoms with van der Waals surface area (Å²) in [6.07, 6.45) is 8.18. The highest BCUT2D eigenvalue weighted by molar-refractivity contribution is 5.94. The summed E-state index contributed by atoms with van der Waals surface area (Å²) in [7, 11) is 1.84. The highest BCUT2D eigenvalue weighted by atomic mass is 16.3. The van der Waals surface area contributed by atoms with Crippen LogP contribution in [0.5, 0.6) is 0 Å². The van der Waals surface area contributed by atoms with Gasteiger partial charge in [-0.05, 0) is 97.8 Å². The van der Waals surface area contributed by atoms with Crippen molar-refractivity contribution in [1.82, 2.24) is 0 Å². The van der Waals surface area contributed by atoms with Gasteiger partial charge in [0.1, 0.15) is 5.60 Å². The molecule has 4 nitrogen and oxygen atoms in total. The summed E-state index contributed by atoms with van der Waals surface area (Å²) in [6, 6.07) is 18.3. The Labute approximate surface area is 238 Å². The lowest BCUT2D eigenvalue weighted by atomic mass is 9.51. The third kappa shape index (κ3) is 4.36. The number of benzene rings is 2. The van der Waals surface area contributed by atoms with Crippen LogP contribution in [-0.2, 0) is 16.0 Å². The van der Waals surface area contributed by atoms with E-state index in [1.807, 2.05) is 50.4 Å². The first kappa shape index (κ1) is 26.8. The molecule has 0 aliphatic heterocycles. The zero-order chi connectivity index (χ0) is 28.1. The van der Waals surface area contributed by atoms with Gasteiger partial charge in [-0.3, -0.25) is 9.59 Å². The molecule has 0 unspecified atom stereocenters. The number of hydrogen-bond donors (Lipinski definition) is 1. The van der Waals surface area contributed by atoms with E-state index in [1.165, 1.54) is 22.3 Å². The van der Waals surface area contributed by atoms with Crippen LogP contribution < -0.4 is 4.90 Å². The van der Waals surface area contributed by atoms with Crippen LogP contribution in [0.25, 0.3) is 0 Å². The predicted octanol–water partition coefficient (Wildman–Crippen LogP) is 6.55. The fourth-order valence-electron chi connectivity index (χ4n) is 8.34. The average molecular weight is 534 g/mol. The van der Waals surface area contributed by atoms with Gasteiger partial charge in [-0.2, -0.15) is 0 Å². The van der Waals surface area contributed by atoms with E-state index in [0.717, 1.165) is 49.8 Å². The van der Waals surface area contributed by atoms with E-state index in [0.29, 0.717) is 24.7 Å². The van der Waals surface area contributed by atoms with Crippen molar-refractivity contribution in [2.75, 3.05) is 11.9 Å². The molecule has 0 saturated heterocycles. The molecule has 2 fully saturated rings. The Morgan fingerprint density at radius 2 is 1.80 bits per heavy atom. The summed E-state index contributed by atoms with van der Waals surface area (Å²) in [5.41, 5.74) is 5.96. The number of anilines is 1. The van der Waals surface area contributed by atoms with Gasteiger partial charge >= 0.3 is 0 Å². The number of likely N-dealkylation sites (N-methyl/N-ethyl adjacent to an activating group) is 1. The number of fused-ring (bicyclic) bond motifs is 4. The van der Waals surface area contributed by atoms with Crippen LogP contribution in [0.15, 0.2) is 77.4 Å². The minimum absolute atomic E-state index is 0.0556. The molecule has 5 atom stereocenters. The molecule has 2 aromatic rings. The Hall–Kier alpha value is -3.42. The molecule has 2 aromatic carbocycles. The van der Waals surface area contributed by atoms with Gasteiger partial charge in [0.2, 0.25) is 5.91 Å². The fourth-order valence-corrected chi connectivity index (χ4v) is 8.34. The Kier molecular flexibility index (Phi) is 6.83. The number of allylic oxidation sites excluding steroid dienone is 4. The van der Waals surface area contributed by atoms with Crippen molar-refractivity contribution in [3.05, 3.63) is 88.5 Å². The van der Waals surface area contributed by atoms with Gasteiger partial charge in [0.05, 0.1) is 6.42 Å². The summed E-state index contributed by atoms with van der Waals surface area (Å²) < 4.78 is 0. The van der Waals surface area contributed by atoms with E-state index in [9.17, 15) is 14.7 Å². The van der Waals surface area contributed by atoms with Gasteiger partial charge < -0.3 is 10.0 Å². The number of aliphatic hydroxyl groups is 1. The first-order valence-electron chi connectivity index (χ1n) is 14.8. The van der Waals surface area contributed by atoms with E-state index in [-0.39, 0.29) is 23.0 Å². The highest BCUT2D eigenvalue weighted by Gasteiger charge is 2.62. The SMILES string of the molecule is CC#C[C@]1(O)CC[C@H]2[C@@H]3CCC4=CC(=O)CCC4=C3[C@@H](c3ccc(N(C)C(=O)Cc4ccccc4)cc3)C[C@@]21C. The van der Waals surface area contributed by atoms with Crippen molar-refractivity contribution in [2.45, 2.75) is 76.7 Å². The molecule has 2 saturated carbocycles. The zero-order valence-electron chi connectivity index (χ0n) is 23.9. The van der Waals surface area contributed by atoms with Crippen molar-refractivity contribution >= 4 is 17.4 Å². The Morgan fingerprint density at radius 1 is 1.05 bits per heavy atom. The van der Waals surface area contributed by atoms with Crippen molar-refractivity contribution < 1.29 is 14.7 Å². The molecule has 0 radical (unpaired) electrons. The Bertz CT molecular complexity index is 1460. The van der Waals surface area contributed by atoms with Gasteiger partial charge in [-0.25, -0.2) is 0 Å². The number of hydrogen-bond acceptors (Lipinski definition) is 3. The molecule has 0 aromatic heterocycles. The van der Waals surface area contributed by atoms with Gasteiger partial charge in [-0.1, -0.05) is 60.9 Å². The monoisotopic (exact) mass is 533 g/mol. The smallest absolute Gasteiger partial charge is 0.231 e. The Balaban J connectivity index is 1.36. The van der Waals surface area contributed by atoms with Crippen LogP contribution in [0.1, 0.15) is 75.8 Å². The second kappa shape index (κ2) is 10.2. The number of nitrogens with zero attached hydrogens (tertiary/aromatic N) is 1. The molecule has 6 rings (SSSR count). The predicted molar refractivity (Wildman–Crippen MR) is 159 cm³/mol. The molecular formula is C36H39NO3. The first-order valence-corrected chi connectivity index (χ1v) is 14.8. The molecule has 0 heterocycles. The van der Waals surface area contributed by atoms with Gasteiger partial charge in [0, 0.05) is 30.5 Å². The molecule has 4 aliphatic rings. The lowest BCUT2D eigenvalue weighted by Crippen LogP contribution is -2.51. The quantitative estimate of drug-likeness (QED) is 0.454. The maximum absolute atomic E-state index is 13.0. The summed E-state index contributed by atoms with van der Waals surface area (Å²) in [5, 5.41) is 11.9. The second-order valence-electron chi connectivity index (χ2n) is 12.5. The van der Waals surface area contributed by atoms with E-state index in [1.54, 1.807) is 4.90 Å². The van der Waals surface area contributed by atoms with Crippen LogP contribution in [0, 0.1) is 29.1 Å². The number of carbonyl (C=O) groups excluding carboxylic acids is 2. The third-order valence-corrected chi connectivity index (χ3v) is 10.5. The van der Waals surface area contributed by atoms with Gasteiger partial charge in [-0.15, -0.1) is 5.92 Å². The molecule has 0 spiro atoms. The van der Waals surface area contributed by atoms with Gasteiger partial charge in [0.15, 0.2) is 5.78 Å². The van der Waals surface area contributed by atoms with E-state index < -0.39 is 5.60 Å². The van der Waals surface area contributed by atoms with Crippen LogP contribution in [-0.4, -0.2) is 29.4 Å². The van der Waals surface area contributed by atoms with Crippen LogP contribution >= 0.6 is 0 Å². The maximum atomic E-state index is 13.0. The second-order valence-corrected chi connectivity index (χ2v) is 12.5. The number of carbonyl (C=O) groups is 2. The van der Waals surface area contributed by atoms with Crippen LogP contribution in [0.3, 0.4) is 0 Å². The van der Waals surface area contributed by atoms with Crippen molar-refractivity contribution in [1.29, 1.82) is 0 Å². The molecule has 206 valence electrons. The third-order valence-electron chi connectivity index (χ3n) is 10.5. The van der Waals surface area contributed by atoms with Crippen molar-refractivity contribution in [3.8, 4) is 11.8 Å². The number of amides is 1. The molecule has 40 heavy (non-hydrogen) atoms. The Morgan fingerprint density at radius 3 is 2.52 bits per heavy atom. The van der Waals surface area contributed by atoms with E-state index >= 15 is 0 Å². The number of rotatable bonds is 4. The summed E-state index contributed by atoms with van der Waals surface area (Å²) in [4.78, 5) is 27.1. The standard InChI is InChI=1S/C36H39NO3/c1-4-19-36(40)20-18-32-30-16-12-26-22-28(38)15-17-29(26)34(30)31(23-35(32,36)2)25-10-13-27(14-11-25)37(3)33(39)21-24-8-6-5-7-9-24/h5-11,13-14,22,30-32,40H,12,15-18,20-21,23H2,1-3H3/t30-,31+,32-,35-,36-/m0/s1. The minimum atomic E-state index is -0.983. The van der Waals surface area contributed by atoms with Crippen LogP contribution in [0.4, 0.5) is 5.69 Å². The molecule has 1 N–H and O–H groups in total. The summed E-state index contributed by atoms with van der Waals surface area (Å²) in [6.45, 7) is 4.09. The lowest BCUT2D eigenvalue weighted by molar-refractivity contribution is -0.117. The normalized spacial score (nSPS) is 30.9. The summed E-state index contributed by atoms with van der Waals surface area (Å²) >= 11 is 0. The number of ketones is 1. The van der Waals surface area contributed by atoms with Crippen molar-refractivity contribution in [3.63, 3.8) is 0 Å². The molecule has 1 amide bonds. The first-order chi connectivity index (χ1) is 19.2. The zero-order valence-corrected chi connectivity index (χ0v) is 23.9. The minimum Gasteiger partial charge on any atom is -0.377 e. The van der Waals surface area contributed by atoms with Gasteiger partial charge in [0.25, 0.3) is 0 Å². The fraction of sp³-hybridized carbons (Fsp3) is 0.444. The molecular weight excluding hydrogens is 494 g/mol. The lowest BCUT2D eigenvalue weighted by Gasteiger charge is -2.53. The topological polar surface area (TPSA) is 57.6 Å². The summed E-state index contributed by atoms with van der Waals surface area (Å²) in [5.74, 6) is 7.51. The van der Waals surface area contributed by atoms with E-state index in [4.69, 9.17) is 0 Å². The molecule has 4 aliphatic carbocycles. The molecule has 4 heteroatoms. The largest absolute Gasteiger partial charge is 0.377 e. The highest BCUT2D eigenvalue weighted by Crippen LogP contribution is 2.66. The van der Waals surface area contributed by atoms with E-state index in [2.05, 4.69) is 43.0 Å². The van der Waals surface area contributed by atoms with Crippen molar-refractivity contribution in [2.24, 2.45) is 17.3 Å². The van der Waals surface area contributed by atoms with Crippen LogP contribution in [0.2, 0.25) is 0 Å².